The first kappa shape index (κ1) is 14.1. The maximum absolute atomic E-state index is 12.8. The molecule has 104 valence electrons. The molecule has 0 aromatic heterocycles. The van der Waals surface area contributed by atoms with Crippen LogP contribution in [0.1, 0.15) is 27.0 Å². The number of benzene rings is 2. The highest BCUT2D eigenvalue weighted by molar-refractivity contribution is 6.12. The van der Waals surface area contributed by atoms with E-state index in [-0.39, 0.29) is 5.78 Å². The largest absolute Gasteiger partial charge is 0.497 e. The molecule has 2 aromatic rings. The quantitative estimate of drug-likeness (QED) is 0.797. The summed E-state index contributed by atoms with van der Waals surface area (Å²) in [6, 6.07) is 11.1. The zero-order valence-electron chi connectivity index (χ0n) is 12.2. The molecule has 0 aliphatic carbocycles. The van der Waals surface area contributed by atoms with Crippen LogP contribution in [0.25, 0.3) is 0 Å². The van der Waals surface area contributed by atoms with Crippen molar-refractivity contribution < 1.29 is 14.3 Å². The van der Waals surface area contributed by atoms with Gasteiger partial charge in [0.25, 0.3) is 0 Å². The van der Waals surface area contributed by atoms with Crippen molar-refractivity contribution in [3.05, 3.63) is 58.7 Å². The van der Waals surface area contributed by atoms with Crippen molar-refractivity contribution in [2.75, 3.05) is 14.2 Å². The summed E-state index contributed by atoms with van der Waals surface area (Å²) in [5.74, 6) is 1.15. The summed E-state index contributed by atoms with van der Waals surface area (Å²) in [7, 11) is 3.14. The van der Waals surface area contributed by atoms with Crippen LogP contribution < -0.4 is 9.47 Å². The Morgan fingerprint density at radius 3 is 2.15 bits per heavy atom. The molecule has 2 rings (SSSR count). The van der Waals surface area contributed by atoms with Crippen LogP contribution in [0, 0.1) is 13.8 Å². The van der Waals surface area contributed by atoms with E-state index in [1.165, 1.54) is 0 Å². The summed E-state index contributed by atoms with van der Waals surface area (Å²) in [6.07, 6.45) is 0. The van der Waals surface area contributed by atoms with E-state index >= 15 is 0 Å². The van der Waals surface area contributed by atoms with Gasteiger partial charge < -0.3 is 9.47 Å². The minimum atomic E-state index is -0.0450. The Hall–Kier alpha value is -2.29. The first-order valence-corrected chi connectivity index (χ1v) is 6.41. The maximum Gasteiger partial charge on any atom is 0.197 e. The number of hydrogen-bond donors (Lipinski definition) is 0. The Labute approximate surface area is 119 Å². The molecule has 0 bridgehead atoms. The fourth-order valence-electron chi connectivity index (χ4n) is 2.30. The van der Waals surface area contributed by atoms with Crippen LogP contribution in [0.3, 0.4) is 0 Å². The Morgan fingerprint density at radius 1 is 0.950 bits per heavy atom. The second-order valence-electron chi connectivity index (χ2n) is 4.66. The number of ketones is 1. The van der Waals surface area contributed by atoms with E-state index in [0.29, 0.717) is 17.1 Å². The fourth-order valence-corrected chi connectivity index (χ4v) is 2.30. The molecule has 0 unspecified atom stereocenters. The summed E-state index contributed by atoms with van der Waals surface area (Å²) >= 11 is 0. The van der Waals surface area contributed by atoms with Gasteiger partial charge in [0.15, 0.2) is 5.78 Å². The summed E-state index contributed by atoms with van der Waals surface area (Å²) in [5.41, 5.74) is 3.16. The van der Waals surface area contributed by atoms with E-state index in [0.717, 1.165) is 16.7 Å². The second-order valence-corrected chi connectivity index (χ2v) is 4.66. The van der Waals surface area contributed by atoms with E-state index in [1.807, 2.05) is 32.0 Å². The molecule has 0 radical (unpaired) electrons. The molecule has 0 spiro atoms. The molecular formula is C17H18O3. The zero-order chi connectivity index (χ0) is 14.7. The molecule has 0 fully saturated rings. The van der Waals surface area contributed by atoms with Gasteiger partial charge in [-0.15, -0.1) is 0 Å². The highest BCUT2D eigenvalue weighted by Gasteiger charge is 2.19. The Bertz CT molecular complexity index is 624. The molecular weight excluding hydrogens is 252 g/mol. The lowest BCUT2D eigenvalue weighted by atomic mass is 9.94. The third-order valence-corrected chi connectivity index (χ3v) is 3.36. The first-order valence-electron chi connectivity index (χ1n) is 6.41. The third-order valence-electron chi connectivity index (χ3n) is 3.36. The van der Waals surface area contributed by atoms with Crippen LogP contribution in [0.5, 0.6) is 11.5 Å². The van der Waals surface area contributed by atoms with E-state index in [2.05, 4.69) is 0 Å². The topological polar surface area (TPSA) is 35.5 Å². The molecule has 0 aliphatic rings. The predicted octanol–water partition coefficient (Wildman–Crippen LogP) is 3.55. The van der Waals surface area contributed by atoms with Crippen molar-refractivity contribution in [2.45, 2.75) is 13.8 Å². The standard InChI is InChI=1S/C17H18O3/c1-11-6-5-7-12(2)16(11)17(18)14-10-13(19-3)8-9-15(14)20-4/h5-10H,1-4H3. The molecule has 0 amide bonds. The van der Waals surface area contributed by atoms with Gasteiger partial charge in [0.05, 0.1) is 19.8 Å². The normalized spacial score (nSPS) is 10.2. The van der Waals surface area contributed by atoms with Gasteiger partial charge in [-0.25, -0.2) is 0 Å². The number of carbonyl (C=O) groups excluding carboxylic acids is 1. The lowest BCUT2D eigenvalue weighted by Gasteiger charge is -2.12. The molecule has 3 nitrogen and oxygen atoms in total. The van der Waals surface area contributed by atoms with Crippen molar-refractivity contribution in [3.8, 4) is 11.5 Å². The number of ether oxygens (including phenoxy) is 2. The van der Waals surface area contributed by atoms with Crippen LogP contribution in [-0.2, 0) is 0 Å². The monoisotopic (exact) mass is 270 g/mol. The first-order chi connectivity index (χ1) is 9.58. The second kappa shape index (κ2) is 5.78. The van der Waals surface area contributed by atoms with Gasteiger partial charge in [0, 0.05) is 5.56 Å². The lowest BCUT2D eigenvalue weighted by Crippen LogP contribution is -2.08. The fraction of sp³-hybridized carbons (Fsp3) is 0.235. The molecule has 20 heavy (non-hydrogen) atoms. The van der Waals surface area contributed by atoms with Crippen LogP contribution in [0.2, 0.25) is 0 Å². The van der Waals surface area contributed by atoms with E-state index in [1.54, 1.807) is 32.4 Å². The number of carbonyl (C=O) groups is 1. The van der Waals surface area contributed by atoms with E-state index in [4.69, 9.17) is 9.47 Å². The number of rotatable bonds is 4. The maximum atomic E-state index is 12.8. The molecule has 2 aromatic carbocycles. The third kappa shape index (κ3) is 2.52. The van der Waals surface area contributed by atoms with Crippen molar-refractivity contribution in [2.24, 2.45) is 0 Å². The van der Waals surface area contributed by atoms with Crippen molar-refractivity contribution >= 4 is 5.78 Å². The highest BCUT2D eigenvalue weighted by Crippen LogP contribution is 2.28. The van der Waals surface area contributed by atoms with Gasteiger partial charge in [-0.2, -0.15) is 0 Å². The van der Waals surface area contributed by atoms with E-state index < -0.39 is 0 Å². The zero-order valence-corrected chi connectivity index (χ0v) is 12.2. The van der Waals surface area contributed by atoms with Gasteiger partial charge >= 0.3 is 0 Å². The summed E-state index contributed by atoms with van der Waals surface area (Å²) in [6.45, 7) is 3.87. The van der Waals surface area contributed by atoms with Crippen molar-refractivity contribution in [1.82, 2.24) is 0 Å². The SMILES string of the molecule is COc1ccc(OC)c(C(=O)c2c(C)cccc2C)c1. The number of methoxy groups -OCH3 is 2. The van der Waals surface area contributed by atoms with Gasteiger partial charge in [-0.1, -0.05) is 18.2 Å². The summed E-state index contributed by atoms with van der Waals surface area (Å²) in [4.78, 5) is 12.8. The van der Waals surface area contributed by atoms with Gasteiger partial charge in [-0.3, -0.25) is 4.79 Å². The Morgan fingerprint density at radius 2 is 1.60 bits per heavy atom. The van der Waals surface area contributed by atoms with Crippen molar-refractivity contribution in [1.29, 1.82) is 0 Å². The van der Waals surface area contributed by atoms with Gasteiger partial charge in [0.2, 0.25) is 0 Å². The molecule has 0 heterocycles. The minimum absolute atomic E-state index is 0.0450. The average molecular weight is 270 g/mol. The molecule has 0 N–H and O–H groups in total. The summed E-state index contributed by atoms with van der Waals surface area (Å²) in [5, 5.41) is 0. The summed E-state index contributed by atoms with van der Waals surface area (Å²) < 4.78 is 10.5. The average Bonchev–Trinajstić information content (AvgIpc) is 2.46. The molecule has 0 atom stereocenters. The lowest BCUT2D eigenvalue weighted by molar-refractivity contribution is 0.103. The van der Waals surface area contributed by atoms with E-state index in [9.17, 15) is 4.79 Å². The van der Waals surface area contributed by atoms with Crippen LogP contribution in [-0.4, -0.2) is 20.0 Å². The Balaban J connectivity index is 2.58. The van der Waals surface area contributed by atoms with Crippen LogP contribution in [0.4, 0.5) is 0 Å². The smallest absolute Gasteiger partial charge is 0.197 e. The van der Waals surface area contributed by atoms with Crippen LogP contribution >= 0.6 is 0 Å². The van der Waals surface area contributed by atoms with Crippen LogP contribution in [0.15, 0.2) is 36.4 Å². The number of aryl methyl sites for hydroxylation is 2. The predicted molar refractivity (Wildman–Crippen MR) is 78.9 cm³/mol. The molecule has 0 saturated carbocycles. The number of hydrogen-bond acceptors (Lipinski definition) is 3. The Kier molecular flexibility index (Phi) is 4.08. The van der Waals surface area contributed by atoms with Crippen molar-refractivity contribution in [3.63, 3.8) is 0 Å². The van der Waals surface area contributed by atoms with Gasteiger partial charge in [0.1, 0.15) is 11.5 Å². The molecule has 0 aliphatic heterocycles. The van der Waals surface area contributed by atoms with Gasteiger partial charge in [-0.05, 0) is 43.2 Å². The molecule has 3 heteroatoms. The highest BCUT2D eigenvalue weighted by atomic mass is 16.5. The molecule has 0 saturated heterocycles. The minimum Gasteiger partial charge on any atom is -0.497 e.